The van der Waals surface area contributed by atoms with Crippen molar-refractivity contribution in [1.82, 2.24) is 4.90 Å². The predicted octanol–water partition coefficient (Wildman–Crippen LogP) is 0.412. The first-order chi connectivity index (χ1) is 5.72. The van der Waals surface area contributed by atoms with Gasteiger partial charge in [-0.1, -0.05) is 12.2 Å². The minimum absolute atomic E-state index is 0. The van der Waals surface area contributed by atoms with E-state index >= 15 is 0 Å². The van der Waals surface area contributed by atoms with Crippen molar-refractivity contribution < 1.29 is 10.2 Å². The van der Waals surface area contributed by atoms with Crippen LogP contribution in [0.15, 0.2) is 12.2 Å². The second kappa shape index (κ2) is 6.38. The molecule has 0 unspecified atom stereocenters. The van der Waals surface area contributed by atoms with Gasteiger partial charge in [-0.3, -0.25) is 4.90 Å². The lowest BCUT2D eigenvalue weighted by atomic mass is 10.1. The van der Waals surface area contributed by atoms with E-state index in [4.69, 9.17) is 0 Å². The lowest BCUT2D eigenvalue weighted by Crippen LogP contribution is -2.45. The zero-order valence-corrected chi connectivity index (χ0v) is 8.70. The van der Waals surface area contributed by atoms with Crippen LogP contribution in [0.1, 0.15) is 13.3 Å². The molecule has 0 saturated carbocycles. The molecule has 0 aliphatic carbocycles. The molecule has 1 rings (SSSR count). The van der Waals surface area contributed by atoms with E-state index in [2.05, 4.69) is 4.90 Å². The van der Waals surface area contributed by atoms with Crippen molar-refractivity contribution in [2.45, 2.75) is 25.6 Å². The van der Waals surface area contributed by atoms with E-state index in [1.54, 1.807) is 0 Å². The SMILES string of the molecule is C/C=C/CN1C[C@H](O)C[C@H](O)C1.Cl. The Labute approximate surface area is 85.5 Å². The molecule has 0 aromatic heterocycles. The van der Waals surface area contributed by atoms with Gasteiger partial charge < -0.3 is 10.2 Å². The molecule has 1 saturated heterocycles. The van der Waals surface area contributed by atoms with E-state index in [1.807, 2.05) is 19.1 Å². The molecule has 2 atom stereocenters. The summed E-state index contributed by atoms with van der Waals surface area (Å²) < 4.78 is 0. The molecule has 2 N–H and O–H groups in total. The van der Waals surface area contributed by atoms with Crippen molar-refractivity contribution >= 4 is 12.4 Å². The number of likely N-dealkylation sites (tertiary alicyclic amines) is 1. The summed E-state index contributed by atoms with van der Waals surface area (Å²) in [6, 6.07) is 0. The van der Waals surface area contributed by atoms with Gasteiger partial charge in [-0.05, 0) is 6.92 Å². The Bertz CT molecular complexity index is 154. The van der Waals surface area contributed by atoms with Crippen LogP contribution in [0.25, 0.3) is 0 Å². The first kappa shape index (κ1) is 12.9. The Morgan fingerprint density at radius 3 is 2.31 bits per heavy atom. The summed E-state index contributed by atoms with van der Waals surface area (Å²) in [6.45, 7) is 4.16. The first-order valence-corrected chi connectivity index (χ1v) is 4.42. The number of halogens is 1. The Kier molecular flexibility index (Phi) is 6.33. The summed E-state index contributed by atoms with van der Waals surface area (Å²) in [6.07, 6.45) is 3.81. The minimum atomic E-state index is -0.362. The number of aliphatic hydroxyl groups is 2. The third-order valence-corrected chi connectivity index (χ3v) is 2.08. The van der Waals surface area contributed by atoms with E-state index in [9.17, 15) is 10.2 Å². The van der Waals surface area contributed by atoms with Gasteiger partial charge in [0.05, 0.1) is 12.2 Å². The van der Waals surface area contributed by atoms with Crippen molar-refractivity contribution in [2.75, 3.05) is 19.6 Å². The molecule has 0 spiro atoms. The van der Waals surface area contributed by atoms with Crippen molar-refractivity contribution in [3.8, 4) is 0 Å². The second-order valence-electron chi connectivity index (χ2n) is 3.33. The van der Waals surface area contributed by atoms with Crippen molar-refractivity contribution in [3.63, 3.8) is 0 Å². The molecule has 0 radical (unpaired) electrons. The van der Waals surface area contributed by atoms with Gasteiger partial charge in [0.2, 0.25) is 0 Å². The molecular weight excluding hydrogens is 190 g/mol. The third kappa shape index (κ3) is 4.62. The fourth-order valence-electron chi connectivity index (χ4n) is 1.54. The number of allylic oxidation sites excluding steroid dienone is 1. The normalized spacial score (nSPS) is 30.4. The van der Waals surface area contributed by atoms with E-state index in [-0.39, 0.29) is 24.6 Å². The van der Waals surface area contributed by atoms with Gasteiger partial charge in [0.25, 0.3) is 0 Å². The van der Waals surface area contributed by atoms with Crippen LogP contribution in [-0.4, -0.2) is 47.0 Å². The largest absolute Gasteiger partial charge is 0.392 e. The summed E-state index contributed by atoms with van der Waals surface area (Å²) in [5.41, 5.74) is 0. The molecule has 4 heteroatoms. The molecule has 3 nitrogen and oxygen atoms in total. The van der Waals surface area contributed by atoms with Gasteiger partial charge in [-0.15, -0.1) is 12.4 Å². The lowest BCUT2D eigenvalue weighted by molar-refractivity contribution is -0.00353. The van der Waals surface area contributed by atoms with Crippen LogP contribution in [0.5, 0.6) is 0 Å². The Hall–Kier alpha value is -0.0900. The van der Waals surface area contributed by atoms with E-state index in [0.717, 1.165) is 6.54 Å². The van der Waals surface area contributed by atoms with Gasteiger partial charge in [0, 0.05) is 26.1 Å². The maximum absolute atomic E-state index is 9.32. The van der Waals surface area contributed by atoms with Gasteiger partial charge in [0.1, 0.15) is 0 Å². The molecular formula is C9H18ClNO2. The van der Waals surface area contributed by atoms with Crippen LogP contribution < -0.4 is 0 Å². The molecule has 0 bridgehead atoms. The van der Waals surface area contributed by atoms with Crippen LogP contribution in [0.2, 0.25) is 0 Å². The standard InChI is InChI=1S/C9H17NO2.ClH/c1-2-3-4-10-6-8(11)5-9(12)7-10;/h2-3,8-9,11-12H,4-7H2,1H3;1H/b3-2+;/t8-,9+;. The topological polar surface area (TPSA) is 43.7 Å². The Balaban J connectivity index is 0.00000144. The number of rotatable bonds is 2. The fraction of sp³-hybridized carbons (Fsp3) is 0.778. The fourth-order valence-corrected chi connectivity index (χ4v) is 1.54. The van der Waals surface area contributed by atoms with Crippen LogP contribution >= 0.6 is 12.4 Å². The van der Waals surface area contributed by atoms with Gasteiger partial charge >= 0.3 is 0 Å². The van der Waals surface area contributed by atoms with Crippen LogP contribution in [0.4, 0.5) is 0 Å². The van der Waals surface area contributed by atoms with E-state index in [0.29, 0.717) is 19.5 Å². The average molecular weight is 208 g/mol. The maximum Gasteiger partial charge on any atom is 0.0692 e. The monoisotopic (exact) mass is 207 g/mol. The summed E-state index contributed by atoms with van der Waals surface area (Å²) >= 11 is 0. The quantitative estimate of drug-likeness (QED) is 0.645. The van der Waals surface area contributed by atoms with Gasteiger partial charge in [0.15, 0.2) is 0 Å². The molecule has 0 aromatic rings. The molecule has 78 valence electrons. The van der Waals surface area contributed by atoms with Gasteiger partial charge in [-0.25, -0.2) is 0 Å². The highest BCUT2D eigenvalue weighted by Gasteiger charge is 2.22. The average Bonchev–Trinajstić information content (AvgIpc) is 1.99. The maximum atomic E-state index is 9.32. The second-order valence-corrected chi connectivity index (χ2v) is 3.33. The zero-order valence-electron chi connectivity index (χ0n) is 7.89. The summed E-state index contributed by atoms with van der Waals surface area (Å²) in [5, 5.41) is 18.6. The molecule has 0 aromatic carbocycles. The van der Waals surface area contributed by atoms with Crippen molar-refractivity contribution in [2.24, 2.45) is 0 Å². The predicted molar refractivity (Wildman–Crippen MR) is 55.1 cm³/mol. The molecule has 1 heterocycles. The molecule has 1 aliphatic heterocycles. The van der Waals surface area contributed by atoms with Crippen LogP contribution in [0, 0.1) is 0 Å². The van der Waals surface area contributed by atoms with Crippen molar-refractivity contribution in [1.29, 1.82) is 0 Å². The smallest absolute Gasteiger partial charge is 0.0692 e. The number of hydrogen-bond donors (Lipinski definition) is 2. The highest BCUT2D eigenvalue weighted by atomic mass is 35.5. The van der Waals surface area contributed by atoms with E-state index in [1.165, 1.54) is 0 Å². The zero-order chi connectivity index (χ0) is 8.97. The van der Waals surface area contributed by atoms with Crippen LogP contribution in [0.3, 0.4) is 0 Å². The number of β-amino-alcohol motifs (C(OH)–C–C–N with tert-alkyl or cyclic N) is 2. The summed E-state index contributed by atoms with van der Waals surface area (Å²) in [7, 11) is 0. The highest BCUT2D eigenvalue weighted by molar-refractivity contribution is 5.85. The molecule has 0 amide bonds. The Morgan fingerprint density at radius 1 is 1.31 bits per heavy atom. The highest BCUT2D eigenvalue weighted by Crippen LogP contribution is 2.09. The van der Waals surface area contributed by atoms with Crippen LogP contribution in [-0.2, 0) is 0 Å². The summed E-state index contributed by atoms with van der Waals surface area (Å²) in [5.74, 6) is 0. The molecule has 1 fully saturated rings. The summed E-state index contributed by atoms with van der Waals surface area (Å²) in [4.78, 5) is 2.05. The van der Waals surface area contributed by atoms with E-state index < -0.39 is 0 Å². The van der Waals surface area contributed by atoms with Crippen molar-refractivity contribution in [3.05, 3.63) is 12.2 Å². The number of aliphatic hydroxyl groups excluding tert-OH is 2. The third-order valence-electron chi connectivity index (χ3n) is 2.08. The number of piperidine rings is 1. The number of nitrogens with zero attached hydrogens (tertiary/aromatic N) is 1. The minimum Gasteiger partial charge on any atom is -0.392 e. The lowest BCUT2D eigenvalue weighted by Gasteiger charge is -2.32. The molecule has 13 heavy (non-hydrogen) atoms. The number of hydrogen-bond acceptors (Lipinski definition) is 3. The molecule has 1 aliphatic rings. The van der Waals surface area contributed by atoms with Gasteiger partial charge in [-0.2, -0.15) is 0 Å². The first-order valence-electron chi connectivity index (χ1n) is 4.42. The Morgan fingerprint density at radius 2 is 1.85 bits per heavy atom.